The summed E-state index contributed by atoms with van der Waals surface area (Å²) in [4.78, 5) is 17.2. The van der Waals surface area contributed by atoms with Gasteiger partial charge in [0.15, 0.2) is 0 Å². The molecule has 0 saturated carbocycles. The molecule has 1 aromatic heterocycles. The predicted molar refractivity (Wildman–Crippen MR) is 109 cm³/mol. The number of carbonyl (C=O) groups excluding carboxylic acids is 1. The highest BCUT2D eigenvalue weighted by atomic mass is 32.2. The number of ether oxygens (including phenoxy) is 1. The first-order valence-corrected chi connectivity index (χ1v) is 11.1. The molecule has 1 saturated heterocycles. The summed E-state index contributed by atoms with van der Waals surface area (Å²) in [5.74, 6) is -0.431. The Balaban J connectivity index is 1.69. The summed E-state index contributed by atoms with van der Waals surface area (Å²) in [6, 6.07) is 7.49. The maximum atomic E-state index is 12.7. The first-order chi connectivity index (χ1) is 13.2. The lowest BCUT2D eigenvalue weighted by Crippen LogP contribution is -2.49. The number of fused-ring (bicyclic) bond motifs is 1. The van der Waals surface area contributed by atoms with E-state index in [0.717, 1.165) is 22.2 Å². The third kappa shape index (κ3) is 4.68. The van der Waals surface area contributed by atoms with Crippen LogP contribution in [0, 0.1) is 13.8 Å². The molecular formula is C20H27N3O4S. The molecule has 0 spiro atoms. The van der Waals surface area contributed by atoms with Crippen LogP contribution < -0.4 is 5.32 Å². The van der Waals surface area contributed by atoms with Crippen LogP contribution >= 0.6 is 0 Å². The Morgan fingerprint density at radius 2 is 1.89 bits per heavy atom. The van der Waals surface area contributed by atoms with Gasteiger partial charge in [0.2, 0.25) is 10.0 Å². The average molecular weight is 406 g/mol. The van der Waals surface area contributed by atoms with Crippen molar-refractivity contribution in [3.8, 4) is 0 Å². The number of hydrogen-bond donors (Lipinski definition) is 1. The number of rotatable bonds is 5. The van der Waals surface area contributed by atoms with E-state index in [1.165, 1.54) is 4.31 Å². The summed E-state index contributed by atoms with van der Waals surface area (Å²) in [6.07, 6.45) is -0.273. The van der Waals surface area contributed by atoms with Gasteiger partial charge in [-0.15, -0.1) is 0 Å². The van der Waals surface area contributed by atoms with E-state index in [4.69, 9.17) is 4.74 Å². The minimum Gasteiger partial charge on any atom is -0.373 e. The Morgan fingerprint density at radius 3 is 2.57 bits per heavy atom. The van der Waals surface area contributed by atoms with Crippen molar-refractivity contribution >= 4 is 26.8 Å². The predicted octanol–water partition coefficient (Wildman–Crippen LogP) is 2.02. The number of aromatic nitrogens is 1. The monoisotopic (exact) mass is 405 g/mol. The van der Waals surface area contributed by atoms with E-state index in [1.54, 1.807) is 6.07 Å². The number of nitrogens with one attached hydrogen (secondary N) is 1. The SMILES string of the molecule is Cc1ccc2nc(C)cc(C(=O)NCCS(=O)(=O)N3C[C@@H](C)O[C@H](C)C3)c2c1. The Labute approximate surface area is 166 Å². The second kappa shape index (κ2) is 8.14. The summed E-state index contributed by atoms with van der Waals surface area (Å²) in [6.45, 7) is 8.24. The number of sulfonamides is 1. The average Bonchev–Trinajstić information content (AvgIpc) is 2.60. The fourth-order valence-electron chi connectivity index (χ4n) is 3.54. The van der Waals surface area contributed by atoms with Crippen LogP contribution in [0.4, 0.5) is 0 Å². The van der Waals surface area contributed by atoms with Gasteiger partial charge in [-0.3, -0.25) is 9.78 Å². The molecule has 152 valence electrons. The number of morpholine rings is 1. The van der Waals surface area contributed by atoms with Gasteiger partial charge in [0.25, 0.3) is 5.91 Å². The fourth-order valence-corrected chi connectivity index (χ4v) is 5.03. The summed E-state index contributed by atoms with van der Waals surface area (Å²) in [5.41, 5.74) is 3.03. The Hall–Kier alpha value is -2.03. The van der Waals surface area contributed by atoms with E-state index in [-0.39, 0.29) is 30.4 Å². The van der Waals surface area contributed by atoms with E-state index < -0.39 is 10.0 Å². The molecule has 1 aromatic carbocycles. The van der Waals surface area contributed by atoms with Crippen LogP contribution in [0.25, 0.3) is 10.9 Å². The standard InChI is InChI=1S/C20H27N3O4S/c1-13-5-6-19-17(9-13)18(10-14(2)22-19)20(24)21-7-8-28(25,26)23-11-15(3)27-16(4)12-23/h5-6,9-10,15-16H,7-8,11-12H2,1-4H3,(H,21,24)/t15-,16-/m1/s1. The third-order valence-electron chi connectivity index (χ3n) is 4.76. The molecule has 1 amide bonds. The van der Waals surface area contributed by atoms with Crippen molar-refractivity contribution in [3.63, 3.8) is 0 Å². The molecule has 0 unspecified atom stereocenters. The molecule has 7 nitrogen and oxygen atoms in total. The van der Waals surface area contributed by atoms with E-state index in [0.29, 0.717) is 18.7 Å². The Bertz CT molecular complexity index is 980. The lowest BCUT2D eigenvalue weighted by atomic mass is 10.0. The van der Waals surface area contributed by atoms with Crippen molar-refractivity contribution in [3.05, 3.63) is 41.1 Å². The first-order valence-electron chi connectivity index (χ1n) is 9.45. The van der Waals surface area contributed by atoms with Crippen molar-refractivity contribution in [2.75, 3.05) is 25.4 Å². The highest BCUT2D eigenvalue weighted by Crippen LogP contribution is 2.20. The third-order valence-corrected chi connectivity index (χ3v) is 6.57. The van der Waals surface area contributed by atoms with E-state index in [9.17, 15) is 13.2 Å². The minimum absolute atomic E-state index is 0.0516. The topological polar surface area (TPSA) is 88.6 Å². The van der Waals surface area contributed by atoms with E-state index >= 15 is 0 Å². The molecule has 2 aromatic rings. The normalized spacial score (nSPS) is 21.0. The van der Waals surface area contributed by atoms with Crippen LogP contribution in [0.2, 0.25) is 0 Å². The van der Waals surface area contributed by atoms with Crippen LogP contribution in [0.15, 0.2) is 24.3 Å². The smallest absolute Gasteiger partial charge is 0.252 e. The highest BCUT2D eigenvalue weighted by molar-refractivity contribution is 7.89. The van der Waals surface area contributed by atoms with Crippen LogP contribution in [0.5, 0.6) is 0 Å². The van der Waals surface area contributed by atoms with Crippen LogP contribution in [-0.2, 0) is 14.8 Å². The van der Waals surface area contributed by atoms with Crippen molar-refractivity contribution < 1.29 is 17.9 Å². The van der Waals surface area contributed by atoms with Crippen molar-refractivity contribution in [2.24, 2.45) is 0 Å². The summed E-state index contributed by atoms with van der Waals surface area (Å²) < 4.78 is 32.3. The van der Waals surface area contributed by atoms with Gasteiger partial charge in [0.1, 0.15) is 0 Å². The molecule has 2 atom stereocenters. The van der Waals surface area contributed by atoms with Crippen molar-refractivity contribution in [1.82, 2.24) is 14.6 Å². The second-order valence-corrected chi connectivity index (χ2v) is 9.57. The number of amides is 1. The number of hydrogen-bond acceptors (Lipinski definition) is 5. The zero-order chi connectivity index (χ0) is 20.5. The fraction of sp³-hybridized carbons (Fsp3) is 0.500. The molecule has 0 radical (unpaired) electrons. The van der Waals surface area contributed by atoms with Gasteiger partial charge in [0.05, 0.1) is 29.0 Å². The number of carbonyl (C=O) groups is 1. The molecule has 8 heteroatoms. The highest BCUT2D eigenvalue weighted by Gasteiger charge is 2.30. The summed E-state index contributed by atoms with van der Waals surface area (Å²) in [7, 11) is -3.46. The summed E-state index contributed by atoms with van der Waals surface area (Å²) >= 11 is 0. The first kappa shape index (κ1) is 20.7. The quantitative estimate of drug-likeness (QED) is 0.822. The maximum absolute atomic E-state index is 12.7. The van der Waals surface area contributed by atoms with Gasteiger partial charge in [-0.05, 0) is 45.9 Å². The molecule has 0 bridgehead atoms. The second-order valence-electron chi connectivity index (χ2n) is 7.48. The number of aryl methyl sites for hydroxylation is 2. The lowest BCUT2D eigenvalue weighted by molar-refractivity contribution is -0.0440. The number of benzene rings is 1. The molecule has 1 N–H and O–H groups in total. The van der Waals surface area contributed by atoms with E-state index in [2.05, 4.69) is 10.3 Å². The molecule has 0 aliphatic carbocycles. The maximum Gasteiger partial charge on any atom is 0.252 e. The lowest BCUT2D eigenvalue weighted by Gasteiger charge is -2.34. The number of nitrogens with zero attached hydrogens (tertiary/aromatic N) is 2. The summed E-state index contributed by atoms with van der Waals surface area (Å²) in [5, 5.41) is 3.52. The van der Waals surface area contributed by atoms with Crippen LogP contribution in [0.1, 0.15) is 35.5 Å². The Morgan fingerprint density at radius 1 is 1.21 bits per heavy atom. The van der Waals surface area contributed by atoms with Crippen LogP contribution in [-0.4, -0.2) is 61.2 Å². The van der Waals surface area contributed by atoms with Gasteiger partial charge in [-0.2, -0.15) is 4.31 Å². The van der Waals surface area contributed by atoms with Gasteiger partial charge in [-0.1, -0.05) is 11.6 Å². The van der Waals surface area contributed by atoms with E-state index in [1.807, 2.05) is 45.9 Å². The largest absolute Gasteiger partial charge is 0.373 e. The number of pyridine rings is 1. The van der Waals surface area contributed by atoms with Gasteiger partial charge in [-0.25, -0.2) is 8.42 Å². The molecular weight excluding hydrogens is 378 g/mol. The van der Waals surface area contributed by atoms with Gasteiger partial charge >= 0.3 is 0 Å². The Kier molecular flexibility index (Phi) is 6.02. The molecule has 2 heterocycles. The molecule has 1 aliphatic rings. The molecule has 1 fully saturated rings. The molecule has 1 aliphatic heterocycles. The zero-order valence-electron chi connectivity index (χ0n) is 16.7. The van der Waals surface area contributed by atoms with Crippen LogP contribution in [0.3, 0.4) is 0 Å². The molecule has 3 rings (SSSR count). The minimum atomic E-state index is -3.46. The molecule has 28 heavy (non-hydrogen) atoms. The van der Waals surface area contributed by atoms with Crippen molar-refractivity contribution in [2.45, 2.75) is 39.9 Å². The van der Waals surface area contributed by atoms with Gasteiger partial charge < -0.3 is 10.1 Å². The van der Waals surface area contributed by atoms with Gasteiger partial charge in [0, 0.05) is 30.7 Å². The van der Waals surface area contributed by atoms with Crippen molar-refractivity contribution in [1.29, 1.82) is 0 Å². The zero-order valence-corrected chi connectivity index (χ0v) is 17.5.